The van der Waals surface area contributed by atoms with Crippen LogP contribution in [0.15, 0.2) is 41.3 Å². The molecule has 1 fully saturated rings. The van der Waals surface area contributed by atoms with Gasteiger partial charge in [-0.1, -0.05) is 18.6 Å². The summed E-state index contributed by atoms with van der Waals surface area (Å²) in [5.74, 6) is -6.20. The minimum absolute atomic E-state index is 0.0815. The molecule has 0 amide bonds. The number of nitrogens with zero attached hydrogens (tertiary/aromatic N) is 2. The van der Waals surface area contributed by atoms with E-state index in [0.717, 1.165) is 48.7 Å². The van der Waals surface area contributed by atoms with E-state index in [1.54, 1.807) is 12.1 Å². The predicted molar refractivity (Wildman–Crippen MR) is 121 cm³/mol. The maximum Gasteiger partial charge on any atom is 0.573 e. The Morgan fingerprint density at radius 3 is 2.47 bits per heavy atom. The van der Waals surface area contributed by atoms with Crippen molar-refractivity contribution in [3.05, 3.63) is 69.5 Å². The largest absolute Gasteiger partial charge is 0.573 e. The molecule has 0 spiro atoms. The second-order valence-corrected chi connectivity index (χ2v) is 8.41. The van der Waals surface area contributed by atoms with Crippen molar-refractivity contribution in [1.82, 2.24) is 9.47 Å². The fourth-order valence-electron chi connectivity index (χ4n) is 4.35. The van der Waals surface area contributed by atoms with E-state index in [1.165, 1.54) is 13.0 Å². The molecule has 4 rings (SSSR count). The lowest BCUT2D eigenvalue weighted by molar-refractivity contribution is -0.275. The Balaban J connectivity index is 1.97. The molecule has 2 heterocycles. The summed E-state index contributed by atoms with van der Waals surface area (Å²) in [5.41, 5.74) is -1.30. The number of carbonyl (C=O) groups is 1. The van der Waals surface area contributed by atoms with Gasteiger partial charge in [0.05, 0.1) is 12.0 Å². The third-order valence-electron chi connectivity index (χ3n) is 5.90. The van der Waals surface area contributed by atoms with Gasteiger partial charge in [-0.3, -0.25) is 9.69 Å². The van der Waals surface area contributed by atoms with E-state index in [1.807, 2.05) is 6.07 Å². The highest BCUT2D eigenvalue weighted by Crippen LogP contribution is 2.35. The number of piperidine rings is 1. The smallest absolute Gasteiger partial charge is 0.462 e. The summed E-state index contributed by atoms with van der Waals surface area (Å²) in [6.45, 7) is 3.78. The molecule has 0 saturated carbocycles. The Kier molecular flexibility index (Phi) is 7.30. The highest BCUT2D eigenvalue weighted by atomic mass is 19.4. The molecule has 1 aromatic heterocycles. The van der Waals surface area contributed by atoms with Gasteiger partial charge in [-0.15, -0.1) is 13.2 Å². The number of halogens is 5. The van der Waals surface area contributed by atoms with E-state index in [-0.39, 0.29) is 12.3 Å². The lowest BCUT2D eigenvalue weighted by Crippen LogP contribution is -2.29. The van der Waals surface area contributed by atoms with Crippen LogP contribution in [-0.4, -0.2) is 41.5 Å². The SMILES string of the molecule is CCOC(=O)c1cn(-c2cccc(CN3CCCCC3)c2)c2c(OC(F)(F)F)c(F)c(F)cc2c1=O. The molecule has 3 aromatic rings. The predicted octanol–water partition coefficient (Wildman–Crippen LogP) is 5.33. The third-order valence-corrected chi connectivity index (χ3v) is 5.90. The number of fused-ring (bicyclic) bond motifs is 1. The molecule has 0 aliphatic carbocycles. The summed E-state index contributed by atoms with van der Waals surface area (Å²) in [7, 11) is 0. The topological polar surface area (TPSA) is 60.8 Å². The first-order chi connectivity index (χ1) is 17.1. The Labute approximate surface area is 202 Å². The third kappa shape index (κ3) is 5.35. The van der Waals surface area contributed by atoms with E-state index in [9.17, 15) is 31.5 Å². The Hall–Kier alpha value is -3.47. The lowest BCUT2D eigenvalue weighted by atomic mass is 10.1. The number of rotatable bonds is 6. The molecule has 1 aliphatic rings. The molecule has 0 radical (unpaired) electrons. The van der Waals surface area contributed by atoms with E-state index in [0.29, 0.717) is 12.6 Å². The van der Waals surface area contributed by atoms with Crippen molar-refractivity contribution in [3.63, 3.8) is 0 Å². The number of hydrogen-bond donors (Lipinski definition) is 0. The standard InChI is InChI=1S/C25H23F5N2O4/c1-2-35-24(34)18-14-32(16-8-6-7-15(11-16)13-31-9-4-3-5-10-31)21-17(22(18)33)12-19(26)20(27)23(21)36-25(28,29)30/h6-8,11-12,14H,2-5,9-10,13H2,1H3. The molecule has 0 atom stereocenters. The van der Waals surface area contributed by atoms with Crippen LogP contribution in [0.5, 0.6) is 5.75 Å². The zero-order valence-electron chi connectivity index (χ0n) is 19.3. The number of alkyl halides is 3. The van der Waals surface area contributed by atoms with Gasteiger partial charge in [-0.2, -0.15) is 4.39 Å². The van der Waals surface area contributed by atoms with Crippen molar-refractivity contribution in [1.29, 1.82) is 0 Å². The van der Waals surface area contributed by atoms with Crippen molar-refractivity contribution in [2.24, 2.45) is 0 Å². The monoisotopic (exact) mass is 510 g/mol. The zero-order chi connectivity index (χ0) is 26.0. The summed E-state index contributed by atoms with van der Waals surface area (Å²) in [4.78, 5) is 27.7. The number of benzene rings is 2. The highest BCUT2D eigenvalue weighted by molar-refractivity contribution is 5.96. The molecule has 11 heteroatoms. The Bertz CT molecular complexity index is 1350. The van der Waals surface area contributed by atoms with Gasteiger partial charge in [-0.25, -0.2) is 9.18 Å². The molecule has 192 valence electrons. The molecule has 1 aliphatic heterocycles. The Morgan fingerprint density at radius 2 is 1.81 bits per heavy atom. The van der Waals surface area contributed by atoms with Crippen molar-refractivity contribution in [2.45, 2.75) is 39.1 Å². The van der Waals surface area contributed by atoms with Crippen LogP contribution in [0.4, 0.5) is 22.0 Å². The average Bonchev–Trinajstić information content (AvgIpc) is 2.83. The van der Waals surface area contributed by atoms with Crippen LogP contribution in [-0.2, 0) is 11.3 Å². The number of carbonyl (C=O) groups excluding carboxylic acids is 1. The first kappa shape index (κ1) is 25.6. The molecule has 36 heavy (non-hydrogen) atoms. The quantitative estimate of drug-likeness (QED) is 0.332. The number of likely N-dealkylation sites (tertiary alicyclic amines) is 1. The van der Waals surface area contributed by atoms with E-state index in [4.69, 9.17) is 4.74 Å². The molecule has 0 N–H and O–H groups in total. The van der Waals surface area contributed by atoms with Crippen LogP contribution >= 0.6 is 0 Å². The van der Waals surface area contributed by atoms with Gasteiger partial charge >= 0.3 is 12.3 Å². The molecular weight excluding hydrogens is 487 g/mol. The van der Waals surface area contributed by atoms with E-state index >= 15 is 0 Å². The molecular formula is C25H23F5N2O4. The van der Waals surface area contributed by atoms with Gasteiger partial charge in [0.2, 0.25) is 11.2 Å². The van der Waals surface area contributed by atoms with Crippen molar-refractivity contribution >= 4 is 16.9 Å². The van der Waals surface area contributed by atoms with Gasteiger partial charge < -0.3 is 14.0 Å². The number of aromatic nitrogens is 1. The van der Waals surface area contributed by atoms with Crippen molar-refractivity contribution in [2.75, 3.05) is 19.7 Å². The zero-order valence-corrected chi connectivity index (χ0v) is 19.3. The molecule has 1 saturated heterocycles. The lowest BCUT2D eigenvalue weighted by Gasteiger charge is -2.26. The van der Waals surface area contributed by atoms with Crippen LogP contribution < -0.4 is 10.2 Å². The normalized spacial score (nSPS) is 14.7. The summed E-state index contributed by atoms with van der Waals surface area (Å²) in [5, 5.41) is -0.667. The maximum atomic E-state index is 14.6. The van der Waals surface area contributed by atoms with Crippen LogP contribution in [0.1, 0.15) is 42.1 Å². The van der Waals surface area contributed by atoms with Crippen molar-refractivity contribution < 1.29 is 36.2 Å². The minimum atomic E-state index is -5.38. The van der Waals surface area contributed by atoms with Crippen molar-refractivity contribution in [3.8, 4) is 11.4 Å². The summed E-state index contributed by atoms with van der Waals surface area (Å²) in [6, 6.07) is 7.07. The summed E-state index contributed by atoms with van der Waals surface area (Å²) in [6.07, 6.45) is -1.17. The molecule has 0 bridgehead atoms. The minimum Gasteiger partial charge on any atom is -0.462 e. The fraction of sp³-hybridized carbons (Fsp3) is 0.360. The van der Waals surface area contributed by atoms with Crippen LogP contribution in [0.25, 0.3) is 16.6 Å². The van der Waals surface area contributed by atoms with E-state index in [2.05, 4.69) is 9.64 Å². The summed E-state index contributed by atoms with van der Waals surface area (Å²) >= 11 is 0. The number of pyridine rings is 1. The van der Waals surface area contributed by atoms with Gasteiger partial charge in [0.15, 0.2) is 11.6 Å². The highest BCUT2D eigenvalue weighted by Gasteiger charge is 2.36. The maximum absolute atomic E-state index is 14.6. The van der Waals surface area contributed by atoms with Gasteiger partial charge in [0.25, 0.3) is 0 Å². The van der Waals surface area contributed by atoms with Gasteiger partial charge in [-0.05, 0) is 56.6 Å². The molecule has 2 aromatic carbocycles. The number of hydrogen-bond acceptors (Lipinski definition) is 5. The second-order valence-electron chi connectivity index (χ2n) is 8.41. The Morgan fingerprint density at radius 1 is 1.08 bits per heavy atom. The molecule has 0 unspecified atom stereocenters. The van der Waals surface area contributed by atoms with Gasteiger partial charge in [0, 0.05) is 18.4 Å². The first-order valence-corrected chi connectivity index (χ1v) is 11.4. The first-order valence-electron chi connectivity index (χ1n) is 11.4. The van der Waals surface area contributed by atoms with Crippen LogP contribution in [0, 0.1) is 11.6 Å². The number of esters is 1. The fourth-order valence-corrected chi connectivity index (χ4v) is 4.35. The second kappa shape index (κ2) is 10.3. The van der Waals surface area contributed by atoms with E-state index < -0.39 is 51.6 Å². The van der Waals surface area contributed by atoms with Crippen LogP contribution in [0.3, 0.4) is 0 Å². The van der Waals surface area contributed by atoms with Crippen LogP contribution in [0.2, 0.25) is 0 Å². The summed E-state index contributed by atoms with van der Waals surface area (Å²) < 4.78 is 78.2. The number of ether oxygens (including phenoxy) is 2. The molecule has 6 nitrogen and oxygen atoms in total. The average molecular weight is 510 g/mol. The van der Waals surface area contributed by atoms with Gasteiger partial charge in [0.1, 0.15) is 11.1 Å².